The summed E-state index contributed by atoms with van der Waals surface area (Å²) in [5.74, 6) is 6.83. The van der Waals surface area contributed by atoms with Gasteiger partial charge >= 0.3 is 0 Å². The van der Waals surface area contributed by atoms with Crippen molar-refractivity contribution >= 4 is 0 Å². The molecule has 0 spiro atoms. The van der Waals surface area contributed by atoms with Crippen LogP contribution in [0.4, 0.5) is 0 Å². The number of hydrogen-bond donors (Lipinski definition) is 4. The predicted octanol–water partition coefficient (Wildman–Crippen LogP) is 7.86. The molecule has 0 bridgehead atoms. The summed E-state index contributed by atoms with van der Waals surface area (Å²) in [5, 5.41) is 29.5. The molecule has 2 rings (SSSR count). The molecule has 40 heavy (non-hydrogen) atoms. The molecular formula is C34H71NO5. The van der Waals surface area contributed by atoms with Crippen LogP contribution in [0.25, 0.3) is 0 Å². The predicted molar refractivity (Wildman–Crippen MR) is 168 cm³/mol. The minimum Gasteiger partial charge on any atom is -0.390 e. The lowest BCUT2D eigenvalue weighted by molar-refractivity contribution is -0.0999. The second-order valence-electron chi connectivity index (χ2n) is 13.2. The number of aliphatic hydroxyl groups is 2. The molecule has 0 radical (unpaired) electrons. The van der Waals surface area contributed by atoms with Crippen molar-refractivity contribution in [1.29, 1.82) is 0 Å². The minimum atomic E-state index is -0.686. The lowest BCUT2D eigenvalue weighted by Gasteiger charge is -2.44. The summed E-state index contributed by atoms with van der Waals surface area (Å²) in [6.07, 6.45) is 10.7. The van der Waals surface area contributed by atoms with Crippen molar-refractivity contribution in [3.8, 4) is 0 Å². The fourth-order valence-electron chi connectivity index (χ4n) is 7.50. The van der Waals surface area contributed by atoms with Gasteiger partial charge in [-0.15, -0.1) is 0 Å². The van der Waals surface area contributed by atoms with E-state index in [9.17, 15) is 10.2 Å². The third kappa shape index (κ3) is 13.4. The first-order valence-electron chi connectivity index (χ1n) is 16.9. The fourth-order valence-corrected chi connectivity index (χ4v) is 7.50. The minimum absolute atomic E-state index is 0.0758. The molecule has 242 valence electrons. The first-order valence-corrected chi connectivity index (χ1v) is 16.9. The van der Waals surface area contributed by atoms with Crippen LogP contribution in [0.3, 0.4) is 0 Å². The van der Waals surface area contributed by atoms with E-state index in [1.165, 1.54) is 25.7 Å². The highest BCUT2D eigenvalue weighted by Crippen LogP contribution is 2.43. The van der Waals surface area contributed by atoms with Crippen LogP contribution in [0.2, 0.25) is 0 Å². The topological polar surface area (TPSA) is 105 Å². The molecule has 0 aliphatic heterocycles. The van der Waals surface area contributed by atoms with E-state index >= 15 is 0 Å². The summed E-state index contributed by atoms with van der Waals surface area (Å²) in [4.78, 5) is 0. The van der Waals surface area contributed by atoms with Crippen molar-refractivity contribution in [2.45, 2.75) is 158 Å². The van der Waals surface area contributed by atoms with E-state index in [1.807, 2.05) is 13.8 Å². The molecule has 2 aliphatic rings. The van der Waals surface area contributed by atoms with Gasteiger partial charge in [-0.05, 0) is 99.7 Å². The quantitative estimate of drug-likeness (QED) is 0.149. The molecule has 8 unspecified atom stereocenters. The maximum atomic E-state index is 11.5. The Balaban J connectivity index is 0.00000363. The highest BCUT2D eigenvalue weighted by Gasteiger charge is 2.42. The van der Waals surface area contributed by atoms with Gasteiger partial charge in [0.25, 0.3) is 0 Å². The molecule has 0 aromatic heterocycles. The molecule has 2 saturated carbocycles. The van der Waals surface area contributed by atoms with Crippen molar-refractivity contribution in [1.82, 2.24) is 0 Å². The van der Waals surface area contributed by atoms with Crippen LogP contribution in [0.5, 0.6) is 0 Å². The van der Waals surface area contributed by atoms with E-state index in [0.29, 0.717) is 47.7 Å². The lowest BCUT2D eigenvalue weighted by Crippen LogP contribution is -2.47. The fraction of sp³-hybridized carbons (Fsp3) is 1.00. The molecule has 0 aromatic carbocycles. The average Bonchev–Trinajstić information content (AvgIpc) is 2.96. The first kappa shape index (κ1) is 39.8. The molecule has 0 heterocycles. The van der Waals surface area contributed by atoms with Crippen LogP contribution in [-0.2, 0) is 9.47 Å². The largest absolute Gasteiger partial charge is 0.390 e. The van der Waals surface area contributed by atoms with Gasteiger partial charge in [-0.2, -0.15) is 0 Å². The normalized spacial score (nSPS) is 31.4. The summed E-state index contributed by atoms with van der Waals surface area (Å²) in [5.41, 5.74) is 0. The summed E-state index contributed by atoms with van der Waals surface area (Å²) in [6, 6.07) is 0. The highest BCUT2D eigenvalue weighted by molar-refractivity contribution is 4.91. The van der Waals surface area contributed by atoms with Crippen molar-refractivity contribution in [2.75, 3.05) is 13.2 Å². The van der Waals surface area contributed by atoms with Crippen LogP contribution in [0, 0.1) is 47.3 Å². The Morgan fingerprint density at radius 2 is 0.975 bits per heavy atom. The second kappa shape index (κ2) is 22.3. The van der Waals surface area contributed by atoms with Crippen LogP contribution in [0.15, 0.2) is 0 Å². The Bertz CT molecular complexity index is 543. The zero-order chi connectivity index (χ0) is 30.8. The molecule has 2 aliphatic carbocycles. The van der Waals surface area contributed by atoms with E-state index in [1.54, 1.807) is 0 Å². The van der Waals surface area contributed by atoms with Gasteiger partial charge in [0.15, 0.2) is 0 Å². The lowest BCUT2D eigenvalue weighted by atomic mass is 9.65. The van der Waals surface area contributed by atoms with Crippen LogP contribution in [-0.4, -0.2) is 53.0 Å². The van der Waals surface area contributed by atoms with Gasteiger partial charge in [-0.1, -0.05) is 81.1 Å². The van der Waals surface area contributed by atoms with E-state index in [0.717, 1.165) is 51.7 Å². The smallest absolute Gasteiger partial charge is 0.0830 e. The maximum absolute atomic E-state index is 11.5. The zero-order valence-corrected chi connectivity index (χ0v) is 28.1. The second-order valence-corrected chi connectivity index (χ2v) is 13.2. The Labute approximate surface area is 249 Å². The van der Waals surface area contributed by atoms with Crippen LogP contribution in [0.1, 0.15) is 133 Å². The molecule has 0 saturated heterocycles. The van der Waals surface area contributed by atoms with Gasteiger partial charge < -0.3 is 24.9 Å². The standard InChI is InChI=1S/C32H62O4.C2H6.H3NO/c1-9-11-23(5)35-19-27-17-21(3)13-15-29(27)25(7)31(33)32(34)26(8)30-16-14-22(4)18-28(30)20-36-24(6)12-10-2;2*1-2/h21-34H,9-20H2,1-8H3;1-2H3;2H,1H2/t21-,22-,23?,24?,25?,26?,27?,28?,29+,30+,31?,32?;;/m1../s1. The van der Waals surface area contributed by atoms with Crippen LogP contribution < -0.4 is 5.90 Å². The van der Waals surface area contributed by atoms with Crippen LogP contribution >= 0.6 is 0 Å². The van der Waals surface area contributed by atoms with Gasteiger partial charge in [0.1, 0.15) is 0 Å². The van der Waals surface area contributed by atoms with Gasteiger partial charge in [0.05, 0.1) is 37.6 Å². The van der Waals surface area contributed by atoms with Gasteiger partial charge in [-0.25, -0.2) is 5.90 Å². The number of ether oxygens (including phenoxy) is 2. The molecule has 6 heteroatoms. The summed E-state index contributed by atoms with van der Waals surface area (Å²) in [6.45, 7) is 23.4. The van der Waals surface area contributed by atoms with Gasteiger partial charge in [-0.3, -0.25) is 0 Å². The number of nitrogens with two attached hydrogens (primary N) is 1. The summed E-state index contributed by atoms with van der Waals surface area (Å²) < 4.78 is 12.5. The third-order valence-electron chi connectivity index (χ3n) is 9.96. The van der Waals surface area contributed by atoms with E-state index < -0.39 is 12.2 Å². The molecular weight excluding hydrogens is 502 g/mol. The Morgan fingerprint density at radius 3 is 1.27 bits per heavy atom. The average molecular weight is 574 g/mol. The van der Waals surface area contributed by atoms with Gasteiger partial charge in [0, 0.05) is 0 Å². The third-order valence-corrected chi connectivity index (χ3v) is 9.96. The van der Waals surface area contributed by atoms with Crippen molar-refractivity contribution in [3.63, 3.8) is 0 Å². The van der Waals surface area contributed by atoms with E-state index in [2.05, 4.69) is 61.3 Å². The summed E-state index contributed by atoms with van der Waals surface area (Å²) in [7, 11) is 0. The molecule has 5 N–H and O–H groups in total. The van der Waals surface area contributed by atoms with Crippen molar-refractivity contribution < 1.29 is 24.9 Å². The Hall–Kier alpha value is -0.240. The molecule has 2 fully saturated rings. The van der Waals surface area contributed by atoms with Crippen molar-refractivity contribution in [2.24, 2.45) is 53.2 Å². The summed E-state index contributed by atoms with van der Waals surface area (Å²) >= 11 is 0. The zero-order valence-electron chi connectivity index (χ0n) is 28.1. The SMILES string of the molecule is CC.CCCC(C)OCC1C[C@H](C)CC[C@H]1C(C)C(O)C(O)C(C)[C@@H]1CC[C@@H](C)CC1COC(C)CCC.NO. The highest BCUT2D eigenvalue weighted by atomic mass is 16.5. The van der Waals surface area contributed by atoms with E-state index in [4.69, 9.17) is 14.7 Å². The number of aliphatic hydroxyl groups excluding tert-OH is 2. The van der Waals surface area contributed by atoms with E-state index in [-0.39, 0.29) is 11.8 Å². The molecule has 12 atom stereocenters. The molecule has 0 amide bonds. The monoisotopic (exact) mass is 574 g/mol. The number of rotatable bonds is 15. The van der Waals surface area contributed by atoms with Crippen molar-refractivity contribution in [3.05, 3.63) is 0 Å². The maximum Gasteiger partial charge on any atom is 0.0830 e. The Morgan fingerprint density at radius 1 is 0.650 bits per heavy atom. The molecule has 0 aromatic rings. The van der Waals surface area contributed by atoms with Gasteiger partial charge in [0.2, 0.25) is 0 Å². The first-order chi connectivity index (χ1) is 19.1. The number of hydrogen-bond acceptors (Lipinski definition) is 6. The Kier molecular flexibility index (Phi) is 22.2. The molecule has 6 nitrogen and oxygen atoms in total.